The van der Waals surface area contributed by atoms with Gasteiger partial charge in [-0.3, -0.25) is 4.99 Å². The first-order valence-electron chi connectivity index (χ1n) is 10.2. The van der Waals surface area contributed by atoms with Crippen LogP contribution in [-0.2, 0) is 19.4 Å². The highest BCUT2D eigenvalue weighted by atomic mass is 16.5. The third-order valence-electron chi connectivity index (χ3n) is 4.68. The van der Waals surface area contributed by atoms with Crippen LogP contribution in [0.5, 0.6) is 5.75 Å². The normalized spacial score (nSPS) is 11.4. The zero-order valence-corrected chi connectivity index (χ0v) is 17.8. The van der Waals surface area contributed by atoms with E-state index in [0.29, 0.717) is 12.4 Å². The molecule has 30 heavy (non-hydrogen) atoms. The van der Waals surface area contributed by atoms with Crippen molar-refractivity contribution in [2.24, 2.45) is 4.99 Å². The van der Waals surface area contributed by atoms with Crippen molar-refractivity contribution in [1.82, 2.24) is 20.8 Å². The Balaban J connectivity index is 1.53. The highest BCUT2D eigenvalue weighted by Crippen LogP contribution is 2.19. The van der Waals surface area contributed by atoms with E-state index >= 15 is 0 Å². The molecular weight excluding hydrogens is 378 g/mol. The number of hydrogen-bond donors (Lipinski definition) is 2. The monoisotopic (exact) mass is 407 g/mol. The van der Waals surface area contributed by atoms with Crippen LogP contribution in [0.15, 0.2) is 58.0 Å². The van der Waals surface area contributed by atoms with Crippen LogP contribution in [0.4, 0.5) is 0 Å². The van der Waals surface area contributed by atoms with Crippen LogP contribution in [0.25, 0.3) is 11.5 Å². The van der Waals surface area contributed by atoms with E-state index < -0.39 is 0 Å². The van der Waals surface area contributed by atoms with Crippen molar-refractivity contribution in [3.63, 3.8) is 0 Å². The Kier molecular flexibility index (Phi) is 7.83. The second-order valence-electron chi connectivity index (χ2n) is 6.88. The molecule has 0 bridgehead atoms. The molecule has 7 heteroatoms. The van der Waals surface area contributed by atoms with Crippen molar-refractivity contribution >= 4 is 5.96 Å². The molecular formula is C23H29N5O2. The van der Waals surface area contributed by atoms with E-state index in [1.807, 2.05) is 30.3 Å². The number of rotatable bonds is 9. The maximum atomic E-state index is 5.41. The van der Waals surface area contributed by atoms with Gasteiger partial charge < -0.3 is 19.9 Å². The minimum absolute atomic E-state index is 0.555. The molecule has 0 unspecified atom stereocenters. The molecule has 0 saturated carbocycles. The van der Waals surface area contributed by atoms with Crippen LogP contribution in [0.2, 0.25) is 0 Å². The van der Waals surface area contributed by atoms with Gasteiger partial charge in [-0.15, -0.1) is 0 Å². The van der Waals surface area contributed by atoms with Crippen LogP contribution in [0.3, 0.4) is 0 Å². The Bertz CT molecular complexity index is 967. The number of methoxy groups -OCH3 is 1. The number of guanidine groups is 1. The molecule has 2 N–H and O–H groups in total. The van der Waals surface area contributed by atoms with Gasteiger partial charge in [-0.05, 0) is 42.2 Å². The van der Waals surface area contributed by atoms with Crippen LogP contribution >= 0.6 is 0 Å². The Hall–Kier alpha value is -3.35. The first-order chi connectivity index (χ1) is 14.7. The highest BCUT2D eigenvalue weighted by molar-refractivity contribution is 5.79. The van der Waals surface area contributed by atoms with Crippen LogP contribution in [-0.4, -0.2) is 36.8 Å². The Morgan fingerprint density at radius 1 is 1.10 bits per heavy atom. The Morgan fingerprint density at radius 3 is 2.77 bits per heavy atom. The van der Waals surface area contributed by atoms with E-state index in [0.717, 1.165) is 60.0 Å². The van der Waals surface area contributed by atoms with Crippen LogP contribution < -0.4 is 15.4 Å². The zero-order chi connectivity index (χ0) is 21.2. The molecule has 158 valence electrons. The molecule has 3 aromatic rings. The predicted octanol–water partition coefficient (Wildman–Crippen LogP) is 3.61. The molecule has 3 rings (SSSR count). The summed E-state index contributed by atoms with van der Waals surface area (Å²) >= 11 is 0. The predicted molar refractivity (Wildman–Crippen MR) is 119 cm³/mol. The van der Waals surface area contributed by atoms with E-state index in [-0.39, 0.29) is 0 Å². The zero-order valence-electron chi connectivity index (χ0n) is 17.8. The minimum atomic E-state index is 0.555. The van der Waals surface area contributed by atoms with Crippen molar-refractivity contribution in [1.29, 1.82) is 0 Å². The van der Waals surface area contributed by atoms with Crippen molar-refractivity contribution in [3.8, 4) is 17.2 Å². The van der Waals surface area contributed by atoms with E-state index in [2.05, 4.69) is 50.9 Å². The lowest BCUT2D eigenvalue weighted by Gasteiger charge is -2.13. The number of aliphatic imine (C=N–C) groups is 1. The number of nitrogens with zero attached hydrogens (tertiary/aromatic N) is 3. The van der Waals surface area contributed by atoms with Gasteiger partial charge in [-0.25, -0.2) is 0 Å². The molecule has 0 fully saturated rings. The fraction of sp³-hybridized carbons (Fsp3) is 0.348. The van der Waals surface area contributed by atoms with Gasteiger partial charge in [0.1, 0.15) is 5.75 Å². The molecule has 0 spiro atoms. The van der Waals surface area contributed by atoms with Crippen molar-refractivity contribution in [3.05, 3.63) is 65.5 Å². The third-order valence-corrected chi connectivity index (χ3v) is 4.68. The second-order valence-corrected chi connectivity index (χ2v) is 6.88. The fourth-order valence-electron chi connectivity index (χ4n) is 3.14. The molecule has 0 aliphatic rings. The van der Waals surface area contributed by atoms with Gasteiger partial charge in [0.05, 0.1) is 7.11 Å². The molecule has 0 amide bonds. The SMILES string of the molecule is CCCc1noc(-c2cccc(CNC(=NC)NCCc3ccccc3OC)c2)n1. The molecule has 0 aliphatic carbocycles. The van der Waals surface area contributed by atoms with Gasteiger partial charge >= 0.3 is 0 Å². The van der Waals surface area contributed by atoms with E-state index in [1.165, 1.54) is 0 Å². The van der Waals surface area contributed by atoms with Gasteiger partial charge in [0, 0.05) is 32.1 Å². The molecule has 2 aromatic carbocycles. The fourth-order valence-corrected chi connectivity index (χ4v) is 3.14. The van der Waals surface area contributed by atoms with Gasteiger partial charge in [-0.2, -0.15) is 4.98 Å². The number of aryl methyl sites for hydroxylation is 1. The summed E-state index contributed by atoms with van der Waals surface area (Å²) in [7, 11) is 3.46. The lowest BCUT2D eigenvalue weighted by atomic mass is 10.1. The summed E-state index contributed by atoms with van der Waals surface area (Å²) in [6.07, 6.45) is 2.66. The lowest BCUT2D eigenvalue weighted by Crippen LogP contribution is -2.37. The molecule has 0 atom stereocenters. The van der Waals surface area contributed by atoms with Crippen molar-refractivity contribution < 1.29 is 9.26 Å². The van der Waals surface area contributed by atoms with Gasteiger partial charge in [0.2, 0.25) is 0 Å². The maximum absolute atomic E-state index is 5.41. The number of nitrogens with one attached hydrogen (secondary N) is 2. The summed E-state index contributed by atoms with van der Waals surface area (Å²) in [6.45, 7) is 3.49. The summed E-state index contributed by atoms with van der Waals surface area (Å²) < 4.78 is 10.8. The average Bonchev–Trinajstić information content (AvgIpc) is 3.25. The van der Waals surface area contributed by atoms with Crippen LogP contribution in [0, 0.1) is 0 Å². The number of hydrogen-bond acceptors (Lipinski definition) is 5. The number of benzene rings is 2. The third kappa shape index (κ3) is 5.83. The summed E-state index contributed by atoms with van der Waals surface area (Å²) in [6, 6.07) is 16.1. The molecule has 0 radical (unpaired) electrons. The largest absolute Gasteiger partial charge is 0.496 e. The number of para-hydroxylation sites is 1. The summed E-state index contributed by atoms with van der Waals surface area (Å²) in [5.41, 5.74) is 3.19. The molecule has 0 aliphatic heterocycles. The first kappa shape index (κ1) is 21.4. The highest BCUT2D eigenvalue weighted by Gasteiger charge is 2.09. The first-order valence-corrected chi connectivity index (χ1v) is 10.2. The Labute approximate surface area is 177 Å². The second kappa shape index (κ2) is 11.0. The smallest absolute Gasteiger partial charge is 0.257 e. The summed E-state index contributed by atoms with van der Waals surface area (Å²) in [5.74, 6) is 2.95. The van der Waals surface area contributed by atoms with E-state index in [4.69, 9.17) is 9.26 Å². The molecule has 7 nitrogen and oxygen atoms in total. The van der Waals surface area contributed by atoms with Gasteiger partial charge in [0.25, 0.3) is 5.89 Å². The van der Waals surface area contributed by atoms with Gasteiger partial charge in [-0.1, -0.05) is 42.4 Å². The average molecular weight is 408 g/mol. The van der Waals surface area contributed by atoms with Crippen molar-refractivity contribution in [2.45, 2.75) is 32.7 Å². The Morgan fingerprint density at radius 2 is 1.97 bits per heavy atom. The maximum Gasteiger partial charge on any atom is 0.257 e. The lowest BCUT2D eigenvalue weighted by molar-refractivity contribution is 0.409. The summed E-state index contributed by atoms with van der Waals surface area (Å²) in [5, 5.41) is 10.7. The molecule has 0 saturated heterocycles. The topological polar surface area (TPSA) is 84.6 Å². The minimum Gasteiger partial charge on any atom is -0.496 e. The van der Waals surface area contributed by atoms with Crippen LogP contribution in [0.1, 0.15) is 30.3 Å². The van der Waals surface area contributed by atoms with E-state index in [9.17, 15) is 0 Å². The van der Waals surface area contributed by atoms with E-state index in [1.54, 1.807) is 14.2 Å². The van der Waals surface area contributed by atoms with Gasteiger partial charge in [0.15, 0.2) is 11.8 Å². The molecule has 1 heterocycles. The quantitative estimate of drug-likeness (QED) is 0.416. The van der Waals surface area contributed by atoms with Crippen molar-refractivity contribution in [2.75, 3.05) is 20.7 Å². The standard InChI is InChI=1S/C23H29N5O2/c1-4-8-21-27-22(30-28-21)19-11-7-9-17(15-19)16-26-23(24-2)25-14-13-18-10-5-6-12-20(18)29-3/h5-7,9-12,15H,4,8,13-14,16H2,1-3H3,(H2,24,25,26). The number of ether oxygens (including phenoxy) is 1. The summed E-state index contributed by atoms with van der Waals surface area (Å²) in [4.78, 5) is 8.77. The number of aromatic nitrogens is 2. The molecule has 1 aromatic heterocycles.